The zero-order valence-electron chi connectivity index (χ0n) is 15.3. The summed E-state index contributed by atoms with van der Waals surface area (Å²) < 4.78 is 0. The monoisotopic (exact) mass is 374 g/mol. The summed E-state index contributed by atoms with van der Waals surface area (Å²) in [5.74, 6) is -1.06. The van der Waals surface area contributed by atoms with Gasteiger partial charge in [0.1, 0.15) is 0 Å². The number of aromatic nitrogens is 1. The highest BCUT2D eigenvalue weighted by atomic mass is 32.1. The molecule has 0 unspecified atom stereocenters. The highest BCUT2D eigenvalue weighted by Gasteiger charge is 2.21. The molecule has 3 N–H and O–H groups in total. The first kappa shape index (κ1) is 19.9. The average Bonchev–Trinajstić information content (AvgIpc) is 3.08. The summed E-state index contributed by atoms with van der Waals surface area (Å²) in [5, 5.41) is 5.08. The van der Waals surface area contributed by atoms with Crippen molar-refractivity contribution in [1.82, 2.24) is 9.88 Å². The number of nitrogen functional groups attached to an aromatic ring is 1. The number of rotatable bonds is 8. The molecule has 0 aliphatic heterocycles. The molecule has 1 aromatic heterocycles. The van der Waals surface area contributed by atoms with Crippen LogP contribution in [0.5, 0.6) is 0 Å². The predicted octanol–water partition coefficient (Wildman–Crippen LogP) is 3.76. The van der Waals surface area contributed by atoms with Crippen molar-refractivity contribution in [2.24, 2.45) is 0 Å². The van der Waals surface area contributed by atoms with E-state index in [1.807, 2.05) is 17.5 Å². The lowest BCUT2D eigenvalue weighted by Crippen LogP contribution is -2.40. The molecule has 2 amide bonds. The van der Waals surface area contributed by atoms with Crippen molar-refractivity contribution in [2.45, 2.75) is 39.5 Å². The van der Waals surface area contributed by atoms with Crippen LogP contribution >= 0.6 is 11.3 Å². The third kappa shape index (κ3) is 5.56. The van der Waals surface area contributed by atoms with Gasteiger partial charge in [0.25, 0.3) is 0 Å². The Morgan fingerprint density at radius 3 is 2.23 bits per heavy atom. The van der Waals surface area contributed by atoms with Crippen LogP contribution in [0.25, 0.3) is 11.3 Å². The first-order valence-corrected chi connectivity index (χ1v) is 9.84. The van der Waals surface area contributed by atoms with Crippen molar-refractivity contribution in [3.63, 3.8) is 0 Å². The van der Waals surface area contributed by atoms with Crippen LogP contribution in [0, 0.1) is 0 Å². The van der Waals surface area contributed by atoms with Crippen LogP contribution in [0.15, 0.2) is 29.6 Å². The van der Waals surface area contributed by atoms with Gasteiger partial charge >= 0.3 is 11.8 Å². The van der Waals surface area contributed by atoms with Gasteiger partial charge in [-0.1, -0.05) is 38.8 Å². The molecule has 0 saturated heterocycles. The molecule has 0 aliphatic carbocycles. The smallest absolute Gasteiger partial charge is 0.313 e. The summed E-state index contributed by atoms with van der Waals surface area (Å²) in [4.78, 5) is 30.6. The number of carbonyl (C=O) groups is 2. The number of unbranched alkanes of at least 4 members (excludes halogenated alkanes) is 2. The molecular formula is C19H26N4O2S. The van der Waals surface area contributed by atoms with E-state index in [1.54, 1.807) is 17.0 Å². The molecular weight excluding hydrogens is 348 g/mol. The van der Waals surface area contributed by atoms with E-state index in [0.717, 1.165) is 36.9 Å². The second-order valence-corrected chi connectivity index (χ2v) is 6.99. The number of nitrogens with zero attached hydrogens (tertiary/aromatic N) is 2. The van der Waals surface area contributed by atoms with Crippen LogP contribution in [0.1, 0.15) is 39.5 Å². The van der Waals surface area contributed by atoms with Gasteiger partial charge in [0, 0.05) is 29.7 Å². The molecule has 0 atom stereocenters. The van der Waals surface area contributed by atoms with Gasteiger partial charge in [-0.05, 0) is 25.0 Å². The van der Waals surface area contributed by atoms with Crippen LogP contribution in [0.2, 0.25) is 0 Å². The zero-order chi connectivity index (χ0) is 18.9. The van der Waals surface area contributed by atoms with Gasteiger partial charge in [-0.15, -0.1) is 11.3 Å². The molecule has 2 rings (SSSR count). The van der Waals surface area contributed by atoms with E-state index in [2.05, 4.69) is 24.1 Å². The number of thiazole rings is 1. The molecule has 6 nitrogen and oxygen atoms in total. The number of benzene rings is 1. The molecule has 2 aromatic rings. The largest absolute Gasteiger partial charge is 0.375 e. The summed E-state index contributed by atoms with van der Waals surface area (Å²) >= 11 is 1.38. The minimum atomic E-state index is -0.595. The van der Waals surface area contributed by atoms with E-state index in [0.29, 0.717) is 23.9 Å². The Kier molecular flexibility index (Phi) is 7.59. The number of nitrogens with one attached hydrogen (secondary N) is 1. The average molecular weight is 375 g/mol. The number of carbonyl (C=O) groups excluding carboxylic acids is 2. The maximum absolute atomic E-state index is 12.4. The molecule has 0 bridgehead atoms. The van der Waals surface area contributed by atoms with Crippen molar-refractivity contribution >= 4 is 34.0 Å². The lowest BCUT2D eigenvalue weighted by atomic mass is 10.1. The second-order valence-electron chi connectivity index (χ2n) is 6.10. The Balaban J connectivity index is 1.99. The number of hydrogen-bond donors (Lipinski definition) is 2. The van der Waals surface area contributed by atoms with Gasteiger partial charge in [0.2, 0.25) is 0 Å². The first-order chi connectivity index (χ1) is 12.5. The van der Waals surface area contributed by atoms with Gasteiger partial charge in [0.15, 0.2) is 5.13 Å². The number of nitrogens with two attached hydrogens (primary N) is 1. The summed E-state index contributed by atoms with van der Waals surface area (Å²) in [5.41, 5.74) is 7.95. The Morgan fingerprint density at radius 1 is 1.12 bits per heavy atom. The third-order valence-corrected chi connectivity index (χ3v) is 4.68. The summed E-state index contributed by atoms with van der Waals surface area (Å²) in [6, 6.07) is 7.22. The molecule has 140 valence electrons. The van der Waals surface area contributed by atoms with Crippen LogP contribution in [0.4, 0.5) is 10.8 Å². The minimum absolute atomic E-state index is 0.469. The van der Waals surface area contributed by atoms with Crippen LogP contribution in [-0.4, -0.2) is 34.8 Å². The maximum Gasteiger partial charge on any atom is 0.313 e. The molecule has 1 heterocycles. The van der Waals surface area contributed by atoms with E-state index in [1.165, 1.54) is 11.3 Å². The van der Waals surface area contributed by atoms with Gasteiger partial charge < -0.3 is 16.0 Å². The van der Waals surface area contributed by atoms with Gasteiger partial charge in [-0.25, -0.2) is 4.98 Å². The standard InChI is InChI=1S/C19H26N4O2S/c1-3-5-11-23(12-6-4-2)18(25)17(24)21-15-9-7-14(8-10-15)16-13-26-19(20)22-16/h7-10,13H,3-6,11-12H2,1-2H3,(H2,20,22)(H,21,24). The first-order valence-electron chi connectivity index (χ1n) is 8.96. The van der Waals surface area contributed by atoms with Crippen molar-refractivity contribution in [1.29, 1.82) is 0 Å². The molecule has 1 aromatic carbocycles. The Hall–Kier alpha value is -2.41. The highest BCUT2D eigenvalue weighted by Crippen LogP contribution is 2.24. The van der Waals surface area contributed by atoms with Crippen LogP contribution in [0.3, 0.4) is 0 Å². The van der Waals surface area contributed by atoms with Crippen molar-refractivity contribution in [2.75, 3.05) is 24.1 Å². The molecule has 0 aliphatic rings. The third-order valence-electron chi connectivity index (χ3n) is 4.01. The zero-order valence-corrected chi connectivity index (χ0v) is 16.1. The number of anilines is 2. The summed E-state index contributed by atoms with van der Waals surface area (Å²) in [7, 11) is 0. The number of amides is 2. The predicted molar refractivity (Wildman–Crippen MR) is 107 cm³/mol. The fourth-order valence-electron chi connectivity index (χ4n) is 2.49. The van der Waals surface area contributed by atoms with E-state index >= 15 is 0 Å². The summed E-state index contributed by atoms with van der Waals surface area (Å²) in [6.07, 6.45) is 3.77. The van der Waals surface area contributed by atoms with Crippen LogP contribution in [-0.2, 0) is 9.59 Å². The van der Waals surface area contributed by atoms with Gasteiger partial charge in [0.05, 0.1) is 5.69 Å². The van der Waals surface area contributed by atoms with E-state index in [9.17, 15) is 9.59 Å². The SMILES string of the molecule is CCCCN(CCCC)C(=O)C(=O)Nc1ccc(-c2csc(N)n2)cc1. The molecule has 0 radical (unpaired) electrons. The van der Waals surface area contributed by atoms with E-state index < -0.39 is 11.8 Å². The van der Waals surface area contributed by atoms with E-state index in [4.69, 9.17) is 5.73 Å². The minimum Gasteiger partial charge on any atom is -0.375 e. The summed E-state index contributed by atoms with van der Waals surface area (Å²) in [6.45, 7) is 5.37. The highest BCUT2D eigenvalue weighted by molar-refractivity contribution is 7.13. The van der Waals surface area contributed by atoms with Crippen molar-refractivity contribution in [3.8, 4) is 11.3 Å². The fraction of sp³-hybridized carbons (Fsp3) is 0.421. The lowest BCUT2D eigenvalue weighted by Gasteiger charge is -2.21. The Labute approximate surface area is 158 Å². The fourth-order valence-corrected chi connectivity index (χ4v) is 3.06. The molecule has 0 saturated carbocycles. The van der Waals surface area contributed by atoms with Crippen molar-refractivity contribution < 1.29 is 9.59 Å². The van der Waals surface area contributed by atoms with E-state index in [-0.39, 0.29) is 0 Å². The van der Waals surface area contributed by atoms with Crippen molar-refractivity contribution in [3.05, 3.63) is 29.6 Å². The van der Waals surface area contributed by atoms with Crippen LogP contribution < -0.4 is 11.1 Å². The molecule has 7 heteroatoms. The second kappa shape index (κ2) is 9.91. The Morgan fingerprint density at radius 2 is 1.73 bits per heavy atom. The Bertz CT molecular complexity index is 719. The number of hydrogen-bond acceptors (Lipinski definition) is 5. The molecule has 0 fully saturated rings. The van der Waals surface area contributed by atoms with Gasteiger partial charge in [-0.2, -0.15) is 0 Å². The molecule has 0 spiro atoms. The van der Waals surface area contributed by atoms with Gasteiger partial charge in [-0.3, -0.25) is 9.59 Å². The quantitative estimate of drug-likeness (QED) is 0.689. The molecule has 26 heavy (non-hydrogen) atoms. The maximum atomic E-state index is 12.4. The normalized spacial score (nSPS) is 10.5. The lowest BCUT2D eigenvalue weighted by molar-refractivity contribution is -0.143. The topological polar surface area (TPSA) is 88.3 Å².